The Morgan fingerprint density at radius 1 is 1.10 bits per heavy atom. The van der Waals surface area contributed by atoms with Crippen molar-refractivity contribution in [3.8, 4) is 11.8 Å². The number of aromatic nitrogens is 1. The molecule has 6 nitrogen and oxygen atoms in total. The Bertz CT molecular complexity index is 1050. The van der Waals surface area contributed by atoms with Gasteiger partial charge in [0.1, 0.15) is 11.4 Å². The highest BCUT2D eigenvalue weighted by Gasteiger charge is 2.21. The monoisotopic (exact) mass is 388 g/mol. The second kappa shape index (κ2) is 8.38. The van der Waals surface area contributed by atoms with Crippen LogP contribution in [0.3, 0.4) is 0 Å². The summed E-state index contributed by atoms with van der Waals surface area (Å²) in [5.74, 6) is 0.812. The third-order valence-corrected chi connectivity index (χ3v) is 5.42. The highest BCUT2D eigenvalue weighted by Crippen LogP contribution is 2.22. The average molecular weight is 388 g/mol. The summed E-state index contributed by atoms with van der Waals surface area (Å²) in [7, 11) is 1.64. The van der Waals surface area contributed by atoms with E-state index in [1.807, 2.05) is 53.4 Å². The topological polar surface area (TPSA) is 72.4 Å². The molecular weight excluding hydrogens is 364 g/mol. The zero-order valence-corrected chi connectivity index (χ0v) is 16.5. The Labute approximate surface area is 170 Å². The summed E-state index contributed by atoms with van der Waals surface area (Å²) in [6.07, 6.45) is 0.941. The molecule has 2 heterocycles. The number of aromatic amines is 1. The number of fused-ring (bicyclic) bond motifs is 1. The van der Waals surface area contributed by atoms with Crippen molar-refractivity contribution < 1.29 is 9.53 Å². The summed E-state index contributed by atoms with van der Waals surface area (Å²) >= 11 is 0. The summed E-state index contributed by atoms with van der Waals surface area (Å²) in [6, 6.07) is 17.6. The first-order chi connectivity index (χ1) is 14.2. The quantitative estimate of drug-likeness (QED) is 0.744. The summed E-state index contributed by atoms with van der Waals surface area (Å²) in [6.45, 7) is 4.07. The first-order valence-electron chi connectivity index (χ1n) is 9.84. The van der Waals surface area contributed by atoms with Crippen molar-refractivity contribution in [1.29, 1.82) is 5.26 Å². The minimum absolute atomic E-state index is 0.0420. The van der Waals surface area contributed by atoms with Gasteiger partial charge in [-0.1, -0.05) is 12.1 Å². The minimum atomic E-state index is 0.0420. The fraction of sp³-hybridized carbons (Fsp3) is 0.304. The van der Waals surface area contributed by atoms with E-state index in [1.165, 1.54) is 5.56 Å². The molecule has 148 valence electrons. The number of benzene rings is 2. The molecule has 1 N–H and O–H groups in total. The molecule has 0 unspecified atom stereocenters. The molecule has 0 radical (unpaired) electrons. The Morgan fingerprint density at radius 2 is 1.93 bits per heavy atom. The molecule has 1 aromatic heterocycles. The van der Waals surface area contributed by atoms with Crippen LogP contribution in [0.25, 0.3) is 10.9 Å². The smallest absolute Gasteiger partial charge is 0.270 e. The van der Waals surface area contributed by atoms with Crippen LogP contribution in [0.4, 0.5) is 0 Å². The Balaban J connectivity index is 1.41. The lowest BCUT2D eigenvalue weighted by molar-refractivity contribution is 0.0756. The number of carbonyl (C=O) groups is 1. The van der Waals surface area contributed by atoms with Crippen molar-refractivity contribution in [2.24, 2.45) is 0 Å². The van der Waals surface area contributed by atoms with Crippen LogP contribution in [-0.2, 0) is 6.54 Å². The van der Waals surface area contributed by atoms with E-state index in [1.54, 1.807) is 7.11 Å². The molecule has 29 heavy (non-hydrogen) atoms. The first-order valence-corrected chi connectivity index (χ1v) is 9.84. The Hall–Kier alpha value is -3.30. The van der Waals surface area contributed by atoms with Gasteiger partial charge in [-0.3, -0.25) is 9.69 Å². The number of ether oxygens (including phenoxy) is 1. The average Bonchev–Trinajstić information content (AvgIpc) is 3.05. The largest absolute Gasteiger partial charge is 0.497 e. The van der Waals surface area contributed by atoms with Crippen LogP contribution in [0.2, 0.25) is 0 Å². The van der Waals surface area contributed by atoms with E-state index < -0.39 is 0 Å². The number of carbonyl (C=O) groups excluding carboxylic acids is 1. The predicted octanol–water partition coefficient (Wildman–Crippen LogP) is 3.40. The van der Waals surface area contributed by atoms with Gasteiger partial charge in [0.25, 0.3) is 5.91 Å². The fourth-order valence-electron chi connectivity index (χ4n) is 3.79. The highest BCUT2D eigenvalue weighted by molar-refractivity contribution is 5.98. The van der Waals surface area contributed by atoms with Gasteiger partial charge in [0.15, 0.2) is 0 Å². The van der Waals surface area contributed by atoms with Crippen LogP contribution in [0, 0.1) is 11.3 Å². The van der Waals surface area contributed by atoms with Crippen LogP contribution in [0.5, 0.6) is 5.75 Å². The van der Waals surface area contributed by atoms with E-state index in [0.29, 0.717) is 17.8 Å². The minimum Gasteiger partial charge on any atom is -0.497 e. The van der Waals surface area contributed by atoms with Crippen molar-refractivity contribution in [2.75, 3.05) is 33.3 Å². The summed E-state index contributed by atoms with van der Waals surface area (Å²) in [5, 5.41) is 9.93. The molecule has 0 spiro atoms. The van der Waals surface area contributed by atoms with E-state index in [2.05, 4.69) is 16.0 Å². The standard InChI is InChI=1S/C23H24N4O2/c1-29-20-8-7-19-13-22(25-21(19)14-20)23(28)27-10-2-9-26(11-12-27)16-18-5-3-17(15-24)4-6-18/h3-8,13-14,25H,2,9-12,16H2,1H3. The van der Waals surface area contributed by atoms with Gasteiger partial charge in [-0.25, -0.2) is 0 Å². The van der Waals surface area contributed by atoms with E-state index in [0.717, 1.165) is 49.3 Å². The lowest BCUT2D eigenvalue weighted by Gasteiger charge is -2.21. The number of nitrogens with zero attached hydrogens (tertiary/aromatic N) is 3. The first kappa shape index (κ1) is 19.0. The molecule has 1 saturated heterocycles. The highest BCUT2D eigenvalue weighted by atomic mass is 16.5. The van der Waals surface area contributed by atoms with Crippen LogP contribution in [0.15, 0.2) is 48.5 Å². The normalized spacial score (nSPS) is 15.1. The number of nitrogens with one attached hydrogen (secondary N) is 1. The van der Waals surface area contributed by atoms with Gasteiger partial charge in [0, 0.05) is 49.7 Å². The molecule has 3 aromatic rings. The Kier molecular flexibility index (Phi) is 5.50. The number of methoxy groups -OCH3 is 1. The van der Waals surface area contributed by atoms with Crippen molar-refractivity contribution in [3.05, 3.63) is 65.4 Å². The van der Waals surface area contributed by atoms with Crippen LogP contribution in [-0.4, -0.2) is 54.0 Å². The maximum atomic E-state index is 13.0. The molecule has 1 aliphatic rings. The van der Waals surface area contributed by atoms with Crippen molar-refractivity contribution in [1.82, 2.24) is 14.8 Å². The molecule has 2 aromatic carbocycles. The maximum Gasteiger partial charge on any atom is 0.270 e. The lowest BCUT2D eigenvalue weighted by Crippen LogP contribution is -2.35. The van der Waals surface area contributed by atoms with Crippen molar-refractivity contribution in [2.45, 2.75) is 13.0 Å². The van der Waals surface area contributed by atoms with Crippen LogP contribution >= 0.6 is 0 Å². The fourth-order valence-corrected chi connectivity index (χ4v) is 3.79. The van der Waals surface area contributed by atoms with Crippen molar-refractivity contribution in [3.63, 3.8) is 0 Å². The SMILES string of the molecule is COc1ccc2cc(C(=O)N3CCCN(Cc4ccc(C#N)cc4)CC3)[nH]c2c1. The molecular formula is C23H24N4O2. The van der Waals surface area contributed by atoms with E-state index in [-0.39, 0.29) is 5.91 Å². The molecule has 1 fully saturated rings. The number of hydrogen-bond acceptors (Lipinski definition) is 4. The zero-order valence-electron chi connectivity index (χ0n) is 16.5. The van der Waals surface area contributed by atoms with E-state index in [4.69, 9.17) is 10.00 Å². The van der Waals surface area contributed by atoms with Gasteiger partial charge in [0.2, 0.25) is 0 Å². The number of nitriles is 1. The summed E-state index contributed by atoms with van der Waals surface area (Å²) < 4.78 is 5.26. The van der Waals surface area contributed by atoms with Gasteiger partial charge in [-0.05, 0) is 42.3 Å². The molecule has 1 amide bonds. The molecule has 0 saturated carbocycles. The molecule has 0 aliphatic carbocycles. The zero-order chi connectivity index (χ0) is 20.2. The third kappa shape index (κ3) is 4.25. The molecule has 0 bridgehead atoms. The lowest BCUT2D eigenvalue weighted by atomic mass is 10.1. The van der Waals surface area contributed by atoms with E-state index in [9.17, 15) is 4.79 Å². The second-order valence-electron chi connectivity index (χ2n) is 7.37. The van der Waals surface area contributed by atoms with Crippen LogP contribution in [0.1, 0.15) is 28.0 Å². The second-order valence-corrected chi connectivity index (χ2v) is 7.37. The predicted molar refractivity (Wildman–Crippen MR) is 112 cm³/mol. The number of H-pyrrole nitrogens is 1. The van der Waals surface area contributed by atoms with Gasteiger partial charge in [-0.15, -0.1) is 0 Å². The van der Waals surface area contributed by atoms with Gasteiger partial charge in [-0.2, -0.15) is 5.26 Å². The van der Waals surface area contributed by atoms with Gasteiger partial charge >= 0.3 is 0 Å². The molecule has 4 rings (SSSR count). The molecule has 6 heteroatoms. The summed E-state index contributed by atoms with van der Waals surface area (Å²) in [5.41, 5.74) is 3.39. The van der Waals surface area contributed by atoms with Crippen LogP contribution < -0.4 is 4.74 Å². The van der Waals surface area contributed by atoms with Gasteiger partial charge in [0.05, 0.1) is 18.7 Å². The van der Waals surface area contributed by atoms with Gasteiger partial charge < -0.3 is 14.6 Å². The number of rotatable bonds is 4. The summed E-state index contributed by atoms with van der Waals surface area (Å²) in [4.78, 5) is 20.6. The number of hydrogen-bond donors (Lipinski definition) is 1. The maximum absolute atomic E-state index is 13.0. The van der Waals surface area contributed by atoms with Crippen molar-refractivity contribution >= 4 is 16.8 Å². The third-order valence-electron chi connectivity index (χ3n) is 5.42. The molecule has 1 aliphatic heterocycles. The Morgan fingerprint density at radius 3 is 2.69 bits per heavy atom. The molecule has 0 atom stereocenters. The number of amides is 1. The van der Waals surface area contributed by atoms with E-state index >= 15 is 0 Å².